The lowest BCUT2D eigenvalue weighted by Gasteiger charge is -2.13. The number of methoxy groups -OCH3 is 1. The van der Waals surface area contributed by atoms with Crippen LogP contribution in [0.1, 0.15) is 28.8 Å². The second kappa shape index (κ2) is 6.26. The van der Waals surface area contributed by atoms with Crippen LogP contribution in [0.2, 0.25) is 0 Å². The highest BCUT2D eigenvalue weighted by Gasteiger charge is 2.22. The number of carbonyl (C=O) groups is 1. The number of carbonyl (C=O) groups excluding carboxylic acids is 1. The lowest BCUT2D eigenvalue weighted by atomic mass is 9.91. The Morgan fingerprint density at radius 2 is 1.77 bits per heavy atom. The zero-order valence-electron chi connectivity index (χ0n) is 12.1. The van der Waals surface area contributed by atoms with E-state index in [9.17, 15) is 19.9 Å². The fourth-order valence-electron chi connectivity index (χ4n) is 2.11. The van der Waals surface area contributed by atoms with E-state index in [-0.39, 0.29) is 17.0 Å². The van der Waals surface area contributed by atoms with Crippen LogP contribution in [0, 0.1) is 4.91 Å². The molecule has 0 aliphatic rings. The van der Waals surface area contributed by atoms with Crippen molar-refractivity contribution in [2.24, 2.45) is 5.18 Å². The molecule has 114 valence electrons. The molecule has 6 nitrogen and oxygen atoms in total. The molecule has 0 amide bonds. The Morgan fingerprint density at radius 1 is 1.14 bits per heavy atom. The van der Waals surface area contributed by atoms with E-state index in [4.69, 9.17) is 4.74 Å². The predicted octanol–water partition coefficient (Wildman–Crippen LogP) is 3.49. The van der Waals surface area contributed by atoms with Gasteiger partial charge in [-0.2, -0.15) is 0 Å². The standard InChI is InChI=1S/C16H15NO5/c1-9(10-3-5-11(22-2)6-4-10)16(20)12-7-13(17-21)15(19)8-14(12)18/h3-9,18-19H,1-2H3. The van der Waals surface area contributed by atoms with Gasteiger partial charge in [-0.25, -0.2) is 0 Å². The Morgan fingerprint density at radius 3 is 2.32 bits per heavy atom. The molecule has 0 saturated carbocycles. The normalized spacial score (nSPS) is 11.7. The first-order valence-corrected chi connectivity index (χ1v) is 6.55. The summed E-state index contributed by atoms with van der Waals surface area (Å²) < 4.78 is 5.06. The number of nitroso groups, excluding NO2 is 1. The topological polar surface area (TPSA) is 96.2 Å². The maximum Gasteiger partial charge on any atom is 0.173 e. The molecule has 0 radical (unpaired) electrons. The smallest absolute Gasteiger partial charge is 0.173 e. The number of phenolic OH excluding ortho intramolecular Hbond substituents is 2. The van der Waals surface area contributed by atoms with Crippen molar-refractivity contribution in [3.05, 3.63) is 52.4 Å². The summed E-state index contributed by atoms with van der Waals surface area (Å²) in [5.41, 5.74) is 0.387. The number of aromatic hydroxyl groups is 2. The zero-order valence-corrected chi connectivity index (χ0v) is 12.1. The number of ether oxygens (including phenoxy) is 1. The third-order valence-electron chi connectivity index (χ3n) is 3.47. The number of ketones is 1. The number of rotatable bonds is 5. The van der Waals surface area contributed by atoms with Crippen LogP contribution in [0.25, 0.3) is 0 Å². The van der Waals surface area contributed by atoms with Gasteiger partial charge in [-0.05, 0) is 28.9 Å². The highest BCUT2D eigenvalue weighted by molar-refractivity contribution is 6.03. The minimum absolute atomic E-state index is 0.0595. The number of hydrogen-bond donors (Lipinski definition) is 2. The molecular weight excluding hydrogens is 286 g/mol. The quantitative estimate of drug-likeness (QED) is 0.651. The summed E-state index contributed by atoms with van der Waals surface area (Å²) in [7, 11) is 1.55. The largest absolute Gasteiger partial charge is 0.507 e. The molecule has 2 aromatic carbocycles. The molecule has 1 unspecified atom stereocenters. The van der Waals surface area contributed by atoms with Gasteiger partial charge in [-0.3, -0.25) is 4.79 Å². The number of Topliss-reactive ketones (excluding diaryl/α,β-unsaturated/α-hetero) is 1. The Hall–Kier alpha value is -2.89. The minimum atomic E-state index is -0.541. The van der Waals surface area contributed by atoms with Crippen molar-refractivity contribution in [2.75, 3.05) is 7.11 Å². The molecule has 2 N–H and O–H groups in total. The fraction of sp³-hybridized carbons (Fsp3) is 0.188. The molecule has 1 atom stereocenters. The van der Waals surface area contributed by atoms with E-state index in [1.807, 2.05) is 0 Å². The Bertz CT molecular complexity index is 709. The zero-order chi connectivity index (χ0) is 16.3. The van der Waals surface area contributed by atoms with E-state index in [0.717, 1.165) is 17.7 Å². The van der Waals surface area contributed by atoms with Crippen molar-refractivity contribution >= 4 is 11.5 Å². The molecule has 0 aromatic heterocycles. The first-order chi connectivity index (χ1) is 10.5. The molecule has 0 spiro atoms. The van der Waals surface area contributed by atoms with Crippen LogP contribution in [0.5, 0.6) is 17.2 Å². The van der Waals surface area contributed by atoms with Crippen LogP contribution in [0.3, 0.4) is 0 Å². The van der Waals surface area contributed by atoms with Crippen LogP contribution >= 0.6 is 0 Å². The predicted molar refractivity (Wildman–Crippen MR) is 81.0 cm³/mol. The number of phenols is 2. The van der Waals surface area contributed by atoms with Crippen LogP contribution in [0.15, 0.2) is 41.6 Å². The van der Waals surface area contributed by atoms with Crippen molar-refractivity contribution < 1.29 is 19.7 Å². The summed E-state index contributed by atoms with van der Waals surface area (Å²) in [5.74, 6) is -1.12. The summed E-state index contributed by atoms with van der Waals surface area (Å²) in [6.07, 6.45) is 0. The van der Waals surface area contributed by atoms with Gasteiger partial charge in [0.05, 0.1) is 12.7 Å². The number of benzene rings is 2. The fourth-order valence-corrected chi connectivity index (χ4v) is 2.11. The van der Waals surface area contributed by atoms with Crippen molar-refractivity contribution in [1.29, 1.82) is 0 Å². The Labute approximate surface area is 127 Å². The van der Waals surface area contributed by atoms with Gasteiger partial charge in [0.25, 0.3) is 0 Å². The second-order valence-corrected chi connectivity index (χ2v) is 4.81. The molecule has 0 aliphatic heterocycles. The molecule has 2 rings (SSSR count). The SMILES string of the molecule is COc1ccc(C(C)C(=O)c2cc(N=O)c(O)cc2O)cc1. The van der Waals surface area contributed by atoms with E-state index < -0.39 is 17.4 Å². The first-order valence-electron chi connectivity index (χ1n) is 6.55. The lowest BCUT2D eigenvalue weighted by molar-refractivity contribution is 0.0963. The highest BCUT2D eigenvalue weighted by Crippen LogP contribution is 2.35. The molecule has 6 heteroatoms. The van der Waals surface area contributed by atoms with Crippen LogP contribution < -0.4 is 4.74 Å². The van der Waals surface area contributed by atoms with Crippen LogP contribution in [-0.4, -0.2) is 23.1 Å². The van der Waals surface area contributed by atoms with Gasteiger partial charge in [-0.15, -0.1) is 4.91 Å². The van der Waals surface area contributed by atoms with E-state index in [0.29, 0.717) is 5.75 Å². The van der Waals surface area contributed by atoms with E-state index in [1.54, 1.807) is 38.3 Å². The average molecular weight is 301 g/mol. The van der Waals surface area contributed by atoms with E-state index in [2.05, 4.69) is 5.18 Å². The summed E-state index contributed by atoms with van der Waals surface area (Å²) in [6.45, 7) is 1.68. The first kappa shape index (κ1) is 15.5. The molecule has 22 heavy (non-hydrogen) atoms. The maximum absolute atomic E-state index is 12.5. The minimum Gasteiger partial charge on any atom is -0.507 e. The second-order valence-electron chi connectivity index (χ2n) is 4.81. The van der Waals surface area contributed by atoms with Crippen molar-refractivity contribution in [1.82, 2.24) is 0 Å². The van der Waals surface area contributed by atoms with Gasteiger partial charge in [0.15, 0.2) is 11.5 Å². The average Bonchev–Trinajstić information content (AvgIpc) is 2.54. The number of nitrogens with zero attached hydrogens (tertiary/aromatic N) is 1. The highest BCUT2D eigenvalue weighted by atomic mass is 16.5. The third kappa shape index (κ3) is 2.90. The number of hydrogen-bond acceptors (Lipinski definition) is 6. The Kier molecular flexibility index (Phi) is 4.41. The maximum atomic E-state index is 12.5. The lowest BCUT2D eigenvalue weighted by Crippen LogP contribution is -2.10. The van der Waals surface area contributed by atoms with Crippen molar-refractivity contribution in [3.8, 4) is 17.2 Å². The monoisotopic (exact) mass is 301 g/mol. The molecular formula is C16H15NO5. The third-order valence-corrected chi connectivity index (χ3v) is 3.47. The van der Waals surface area contributed by atoms with Gasteiger partial charge in [0.1, 0.15) is 17.2 Å². The van der Waals surface area contributed by atoms with Gasteiger partial charge in [0.2, 0.25) is 0 Å². The molecule has 0 bridgehead atoms. The molecule has 2 aromatic rings. The van der Waals surface area contributed by atoms with E-state index >= 15 is 0 Å². The molecule has 0 heterocycles. The van der Waals surface area contributed by atoms with Crippen LogP contribution in [-0.2, 0) is 0 Å². The van der Waals surface area contributed by atoms with Gasteiger partial charge in [0, 0.05) is 12.0 Å². The van der Waals surface area contributed by atoms with Gasteiger partial charge >= 0.3 is 0 Å². The molecule has 0 saturated heterocycles. The van der Waals surface area contributed by atoms with E-state index in [1.165, 1.54) is 0 Å². The molecule has 0 fully saturated rings. The Balaban J connectivity index is 2.35. The summed E-state index contributed by atoms with van der Waals surface area (Å²) in [4.78, 5) is 23.1. The van der Waals surface area contributed by atoms with Gasteiger partial charge < -0.3 is 14.9 Å². The van der Waals surface area contributed by atoms with Crippen molar-refractivity contribution in [2.45, 2.75) is 12.8 Å². The summed E-state index contributed by atoms with van der Waals surface area (Å²) >= 11 is 0. The van der Waals surface area contributed by atoms with Crippen molar-refractivity contribution in [3.63, 3.8) is 0 Å². The molecule has 0 aliphatic carbocycles. The summed E-state index contributed by atoms with van der Waals surface area (Å²) in [5, 5.41) is 21.9. The van der Waals surface area contributed by atoms with Crippen LogP contribution in [0.4, 0.5) is 5.69 Å². The van der Waals surface area contributed by atoms with Gasteiger partial charge in [-0.1, -0.05) is 19.1 Å². The summed E-state index contributed by atoms with van der Waals surface area (Å²) in [6, 6.07) is 8.97.